The Hall–Kier alpha value is -1.73. The van der Waals surface area contributed by atoms with Crippen molar-refractivity contribution in [3.8, 4) is 0 Å². The van der Waals surface area contributed by atoms with Gasteiger partial charge in [0.25, 0.3) is 0 Å². The average molecular weight is 254 g/mol. The number of nitrogens with zero attached hydrogens (tertiary/aromatic N) is 2. The summed E-state index contributed by atoms with van der Waals surface area (Å²) in [5.74, 6) is -0.554. The molecule has 0 radical (unpaired) electrons. The molecule has 0 unspecified atom stereocenters. The molecular formula is C11H18N4O3. The molecule has 7 nitrogen and oxygen atoms in total. The maximum absolute atomic E-state index is 10.7. The van der Waals surface area contributed by atoms with Gasteiger partial charge in [0.05, 0.1) is 6.61 Å². The normalized spacial score (nSPS) is 12.4. The fourth-order valence-corrected chi connectivity index (χ4v) is 1.25. The molecule has 4 N–H and O–H groups in total. The van der Waals surface area contributed by atoms with Gasteiger partial charge in [0, 0.05) is 30.5 Å². The molecule has 1 heterocycles. The van der Waals surface area contributed by atoms with Crippen LogP contribution in [0.1, 0.15) is 19.4 Å². The number of aliphatic hydroxyl groups excluding tert-OH is 1. The standard InChI is InChI=1S/C11H18N4O3/c1-7(2)15-11-13-4-8(5-14-11)3-12-9(6-16)10(17)18/h4-5,7,9,12,16H,3,6H2,1-2H3,(H,17,18)(H,13,14,15)/t9-/m1/s1. The van der Waals surface area contributed by atoms with Crippen molar-refractivity contribution >= 4 is 11.9 Å². The zero-order chi connectivity index (χ0) is 13.5. The van der Waals surface area contributed by atoms with Crippen LogP contribution >= 0.6 is 0 Å². The minimum Gasteiger partial charge on any atom is -0.480 e. The van der Waals surface area contributed by atoms with Gasteiger partial charge in [0.15, 0.2) is 0 Å². The lowest BCUT2D eigenvalue weighted by atomic mass is 10.3. The van der Waals surface area contributed by atoms with Gasteiger partial charge in [-0.1, -0.05) is 0 Å². The van der Waals surface area contributed by atoms with E-state index in [9.17, 15) is 4.79 Å². The number of hydrogen-bond donors (Lipinski definition) is 4. The molecule has 1 aromatic heterocycles. The van der Waals surface area contributed by atoms with Gasteiger partial charge in [-0.3, -0.25) is 10.1 Å². The molecule has 0 aliphatic rings. The second-order valence-electron chi connectivity index (χ2n) is 4.17. The minimum absolute atomic E-state index is 0.250. The maximum atomic E-state index is 10.7. The van der Waals surface area contributed by atoms with Crippen LogP contribution in [-0.2, 0) is 11.3 Å². The van der Waals surface area contributed by atoms with Gasteiger partial charge in [0.1, 0.15) is 6.04 Å². The maximum Gasteiger partial charge on any atom is 0.323 e. The van der Waals surface area contributed by atoms with E-state index in [-0.39, 0.29) is 6.04 Å². The van der Waals surface area contributed by atoms with Gasteiger partial charge >= 0.3 is 5.97 Å². The van der Waals surface area contributed by atoms with Gasteiger partial charge in [0.2, 0.25) is 5.95 Å². The highest BCUT2D eigenvalue weighted by Gasteiger charge is 2.14. The van der Waals surface area contributed by atoms with Crippen molar-refractivity contribution in [2.75, 3.05) is 11.9 Å². The molecule has 0 fully saturated rings. The van der Waals surface area contributed by atoms with E-state index in [0.717, 1.165) is 5.56 Å². The number of carbonyl (C=O) groups is 1. The van der Waals surface area contributed by atoms with Crippen LogP contribution in [0.4, 0.5) is 5.95 Å². The Labute approximate surface area is 105 Å². The zero-order valence-electron chi connectivity index (χ0n) is 10.4. The molecule has 0 aromatic carbocycles. The van der Waals surface area contributed by atoms with E-state index in [1.54, 1.807) is 12.4 Å². The molecule has 0 saturated carbocycles. The molecule has 18 heavy (non-hydrogen) atoms. The monoisotopic (exact) mass is 254 g/mol. The second-order valence-corrected chi connectivity index (χ2v) is 4.17. The molecule has 0 amide bonds. The van der Waals surface area contributed by atoms with E-state index in [0.29, 0.717) is 12.5 Å². The topological polar surface area (TPSA) is 107 Å². The quantitative estimate of drug-likeness (QED) is 0.535. The number of carboxylic acid groups (broad SMARTS) is 1. The first-order valence-electron chi connectivity index (χ1n) is 5.67. The molecule has 0 spiro atoms. The molecule has 0 bridgehead atoms. The van der Waals surface area contributed by atoms with Crippen molar-refractivity contribution in [3.63, 3.8) is 0 Å². The molecular weight excluding hydrogens is 236 g/mol. The third kappa shape index (κ3) is 4.64. The van der Waals surface area contributed by atoms with Crippen molar-refractivity contribution < 1.29 is 15.0 Å². The molecule has 1 aromatic rings. The van der Waals surface area contributed by atoms with E-state index >= 15 is 0 Å². The van der Waals surface area contributed by atoms with Crippen molar-refractivity contribution in [2.45, 2.75) is 32.5 Å². The van der Waals surface area contributed by atoms with Crippen molar-refractivity contribution in [1.29, 1.82) is 0 Å². The number of rotatable bonds is 7. The molecule has 0 saturated heterocycles. The van der Waals surface area contributed by atoms with E-state index in [1.807, 2.05) is 13.8 Å². The zero-order valence-corrected chi connectivity index (χ0v) is 10.4. The van der Waals surface area contributed by atoms with Gasteiger partial charge in [-0.2, -0.15) is 0 Å². The molecule has 100 valence electrons. The molecule has 7 heteroatoms. The van der Waals surface area contributed by atoms with Crippen LogP contribution in [0.5, 0.6) is 0 Å². The third-order valence-corrected chi connectivity index (χ3v) is 2.16. The highest BCUT2D eigenvalue weighted by Crippen LogP contribution is 2.02. The molecule has 0 aliphatic heterocycles. The number of anilines is 1. The third-order valence-electron chi connectivity index (χ3n) is 2.16. The summed E-state index contributed by atoms with van der Waals surface area (Å²) in [5, 5.41) is 23.3. The van der Waals surface area contributed by atoms with Crippen LogP contribution < -0.4 is 10.6 Å². The highest BCUT2D eigenvalue weighted by molar-refractivity contribution is 5.73. The van der Waals surface area contributed by atoms with Crippen molar-refractivity contribution in [1.82, 2.24) is 15.3 Å². The Kier molecular flexibility index (Phi) is 5.47. The number of carboxylic acids is 1. The van der Waals surface area contributed by atoms with Gasteiger partial charge in [-0.15, -0.1) is 0 Å². The fourth-order valence-electron chi connectivity index (χ4n) is 1.25. The Morgan fingerprint density at radius 2 is 2.00 bits per heavy atom. The summed E-state index contributed by atoms with van der Waals surface area (Å²) in [5.41, 5.74) is 0.754. The molecule has 0 aliphatic carbocycles. The average Bonchev–Trinajstić information content (AvgIpc) is 2.31. The number of hydrogen-bond acceptors (Lipinski definition) is 6. The van der Waals surface area contributed by atoms with Crippen LogP contribution in [0.25, 0.3) is 0 Å². The lowest BCUT2D eigenvalue weighted by Crippen LogP contribution is -2.39. The Bertz CT molecular complexity index is 380. The smallest absolute Gasteiger partial charge is 0.323 e. The van der Waals surface area contributed by atoms with E-state index in [1.165, 1.54) is 0 Å². The lowest BCUT2D eigenvalue weighted by Gasteiger charge is -2.12. The summed E-state index contributed by atoms with van der Waals surface area (Å²) < 4.78 is 0. The molecule has 1 rings (SSSR count). The van der Waals surface area contributed by atoms with E-state index < -0.39 is 18.6 Å². The Balaban J connectivity index is 2.50. The number of aliphatic carboxylic acids is 1. The van der Waals surface area contributed by atoms with Gasteiger partial charge in [-0.25, -0.2) is 9.97 Å². The van der Waals surface area contributed by atoms with Gasteiger partial charge < -0.3 is 15.5 Å². The van der Waals surface area contributed by atoms with E-state index in [2.05, 4.69) is 20.6 Å². The highest BCUT2D eigenvalue weighted by atomic mass is 16.4. The first-order valence-corrected chi connectivity index (χ1v) is 5.67. The predicted octanol–water partition coefficient (Wildman–Crippen LogP) is -0.168. The van der Waals surface area contributed by atoms with Gasteiger partial charge in [-0.05, 0) is 13.8 Å². The summed E-state index contributed by atoms with van der Waals surface area (Å²) in [4.78, 5) is 18.9. The number of aliphatic hydroxyl groups is 1. The predicted molar refractivity (Wildman–Crippen MR) is 66.1 cm³/mol. The summed E-state index contributed by atoms with van der Waals surface area (Å²) in [6, 6.07) is -0.724. The van der Waals surface area contributed by atoms with Crippen LogP contribution in [0.2, 0.25) is 0 Å². The number of aromatic nitrogens is 2. The Morgan fingerprint density at radius 3 is 2.44 bits per heavy atom. The Morgan fingerprint density at radius 1 is 1.39 bits per heavy atom. The fraction of sp³-hybridized carbons (Fsp3) is 0.545. The largest absolute Gasteiger partial charge is 0.480 e. The van der Waals surface area contributed by atoms with Crippen molar-refractivity contribution in [3.05, 3.63) is 18.0 Å². The first-order chi connectivity index (χ1) is 8.52. The SMILES string of the molecule is CC(C)Nc1ncc(CN[C@H](CO)C(=O)O)cn1. The van der Waals surface area contributed by atoms with Crippen LogP contribution in [0.3, 0.4) is 0 Å². The number of nitrogens with one attached hydrogen (secondary N) is 2. The summed E-state index contributed by atoms with van der Waals surface area (Å²) in [6.45, 7) is 3.80. The van der Waals surface area contributed by atoms with E-state index in [4.69, 9.17) is 10.2 Å². The second kappa shape index (κ2) is 6.87. The minimum atomic E-state index is -1.09. The molecule has 1 atom stereocenters. The van der Waals surface area contributed by atoms with Crippen LogP contribution in [-0.4, -0.2) is 44.8 Å². The lowest BCUT2D eigenvalue weighted by molar-refractivity contribution is -0.140. The first kappa shape index (κ1) is 14.3. The van der Waals surface area contributed by atoms with Crippen LogP contribution in [0.15, 0.2) is 12.4 Å². The van der Waals surface area contributed by atoms with Crippen LogP contribution in [0, 0.1) is 0 Å². The summed E-state index contributed by atoms with van der Waals surface area (Å²) in [7, 11) is 0. The van der Waals surface area contributed by atoms with Crippen molar-refractivity contribution in [2.24, 2.45) is 0 Å². The summed E-state index contributed by atoms with van der Waals surface area (Å²) in [6.07, 6.45) is 3.22. The summed E-state index contributed by atoms with van der Waals surface area (Å²) >= 11 is 0.